The molecule has 2 aromatic carbocycles. The number of hydrogen-bond donors (Lipinski definition) is 3. The van der Waals surface area contributed by atoms with Crippen molar-refractivity contribution in [1.29, 1.82) is 0 Å². The maximum atomic E-state index is 12.0. The van der Waals surface area contributed by atoms with E-state index in [0.29, 0.717) is 11.4 Å². The quantitative estimate of drug-likeness (QED) is 0.590. The molecule has 4 N–H and O–H groups in total. The van der Waals surface area contributed by atoms with Crippen LogP contribution in [0.15, 0.2) is 53.4 Å². The molecule has 0 aliphatic heterocycles. The number of benzene rings is 2. The summed E-state index contributed by atoms with van der Waals surface area (Å²) in [5.41, 5.74) is 6.75. The van der Waals surface area contributed by atoms with Crippen LogP contribution >= 0.6 is 0 Å². The first kappa shape index (κ1) is 14.0. The molecule has 1 amide bonds. The summed E-state index contributed by atoms with van der Waals surface area (Å²) in [4.78, 5) is 11.6. The Hall–Kier alpha value is -2.38. The van der Waals surface area contributed by atoms with Crippen LogP contribution in [0.4, 0.5) is 11.4 Å². The highest BCUT2D eigenvalue weighted by Gasteiger charge is 2.13. The van der Waals surface area contributed by atoms with Crippen LogP contribution < -0.4 is 11.1 Å². The molecule has 0 spiro atoms. The van der Waals surface area contributed by atoms with Crippen LogP contribution in [0.3, 0.4) is 0 Å². The molecule has 0 heterocycles. The largest absolute Gasteiger partial charge is 0.399 e. The molecule has 0 aromatic heterocycles. The molecule has 0 bridgehead atoms. The van der Waals surface area contributed by atoms with E-state index in [0.717, 1.165) is 6.07 Å². The first-order valence-corrected chi connectivity index (χ1v) is 7.05. The van der Waals surface area contributed by atoms with Crippen molar-refractivity contribution in [2.24, 2.45) is 0 Å². The third-order valence-corrected chi connectivity index (χ3v) is 3.41. The fourth-order valence-electron chi connectivity index (χ4n) is 1.57. The van der Waals surface area contributed by atoms with Crippen LogP contribution in [0.5, 0.6) is 0 Å². The maximum Gasteiger partial charge on any atom is 0.294 e. The predicted octanol–water partition coefficient (Wildman–Crippen LogP) is 1.77. The van der Waals surface area contributed by atoms with Crippen molar-refractivity contribution in [2.45, 2.75) is 4.90 Å². The average Bonchev–Trinajstić information content (AvgIpc) is 2.40. The molecule has 0 aliphatic rings. The number of nitrogens with one attached hydrogen (secondary N) is 1. The van der Waals surface area contributed by atoms with Crippen LogP contribution in [-0.4, -0.2) is 18.9 Å². The molecule has 0 saturated heterocycles. The van der Waals surface area contributed by atoms with Gasteiger partial charge in [0.1, 0.15) is 0 Å². The van der Waals surface area contributed by atoms with Gasteiger partial charge in [0.15, 0.2) is 0 Å². The van der Waals surface area contributed by atoms with E-state index in [1.807, 2.05) is 0 Å². The zero-order chi connectivity index (χ0) is 14.8. The number of nitrogens with two attached hydrogens (primary N) is 1. The summed E-state index contributed by atoms with van der Waals surface area (Å²) >= 11 is 0. The van der Waals surface area contributed by atoms with E-state index < -0.39 is 16.0 Å². The van der Waals surface area contributed by atoms with Crippen molar-refractivity contribution in [1.82, 2.24) is 0 Å². The minimum atomic E-state index is -4.33. The normalized spacial score (nSPS) is 11.1. The summed E-state index contributed by atoms with van der Waals surface area (Å²) in [5, 5.41) is 2.59. The van der Waals surface area contributed by atoms with E-state index in [9.17, 15) is 13.2 Å². The van der Waals surface area contributed by atoms with Crippen molar-refractivity contribution in [3.63, 3.8) is 0 Å². The smallest absolute Gasteiger partial charge is 0.294 e. The summed E-state index contributed by atoms with van der Waals surface area (Å²) in [7, 11) is -4.33. The lowest BCUT2D eigenvalue weighted by atomic mass is 10.2. The topological polar surface area (TPSA) is 109 Å². The van der Waals surface area contributed by atoms with E-state index in [2.05, 4.69) is 5.32 Å². The van der Waals surface area contributed by atoms with E-state index in [1.54, 1.807) is 24.3 Å². The molecule has 6 nitrogen and oxygen atoms in total. The molecule has 2 rings (SSSR count). The molecule has 7 heteroatoms. The van der Waals surface area contributed by atoms with Crippen molar-refractivity contribution < 1.29 is 17.8 Å². The standard InChI is InChI=1S/C13H12N2O4S/c14-10-4-6-11(7-5-10)15-13(16)9-2-1-3-12(8-9)20(17,18)19/h1-8H,14H2,(H,15,16)(H,17,18,19). The number of carbonyl (C=O) groups is 1. The van der Waals surface area contributed by atoms with Crippen LogP contribution in [-0.2, 0) is 10.1 Å². The molecule has 0 radical (unpaired) electrons. The Labute approximate surface area is 116 Å². The van der Waals surface area contributed by atoms with E-state index in [4.69, 9.17) is 10.3 Å². The number of carbonyl (C=O) groups excluding carboxylic acids is 1. The molecule has 0 saturated carbocycles. The van der Waals surface area contributed by atoms with Crippen LogP contribution in [0.1, 0.15) is 10.4 Å². The first-order valence-electron chi connectivity index (χ1n) is 5.61. The second-order valence-electron chi connectivity index (χ2n) is 4.08. The van der Waals surface area contributed by atoms with Gasteiger partial charge in [0.25, 0.3) is 16.0 Å². The minimum Gasteiger partial charge on any atom is -0.399 e. The van der Waals surface area contributed by atoms with Crippen molar-refractivity contribution in [2.75, 3.05) is 11.1 Å². The van der Waals surface area contributed by atoms with Gasteiger partial charge in [0.05, 0.1) is 4.90 Å². The van der Waals surface area contributed by atoms with Gasteiger partial charge in [-0.1, -0.05) is 6.07 Å². The second kappa shape index (κ2) is 5.32. The monoisotopic (exact) mass is 292 g/mol. The lowest BCUT2D eigenvalue weighted by Gasteiger charge is -2.06. The number of amides is 1. The van der Waals surface area contributed by atoms with Gasteiger partial charge in [-0.05, 0) is 42.5 Å². The lowest BCUT2D eigenvalue weighted by molar-refractivity contribution is 0.102. The van der Waals surface area contributed by atoms with Crippen LogP contribution in [0.25, 0.3) is 0 Å². The zero-order valence-electron chi connectivity index (χ0n) is 10.3. The number of hydrogen-bond acceptors (Lipinski definition) is 4. The highest BCUT2D eigenvalue weighted by atomic mass is 32.2. The Kier molecular flexibility index (Phi) is 3.73. The fraction of sp³-hybridized carbons (Fsp3) is 0. The zero-order valence-corrected chi connectivity index (χ0v) is 11.1. The van der Waals surface area contributed by atoms with E-state index >= 15 is 0 Å². The Morgan fingerprint density at radius 3 is 2.35 bits per heavy atom. The Morgan fingerprint density at radius 2 is 1.75 bits per heavy atom. The highest BCUT2D eigenvalue weighted by Crippen LogP contribution is 2.15. The summed E-state index contributed by atoms with van der Waals surface area (Å²) in [5.74, 6) is -0.486. The van der Waals surface area contributed by atoms with E-state index in [1.165, 1.54) is 18.2 Å². The Bertz CT molecular complexity index is 739. The Morgan fingerprint density at radius 1 is 1.10 bits per heavy atom. The van der Waals surface area contributed by atoms with Crippen molar-refractivity contribution >= 4 is 27.4 Å². The molecule has 20 heavy (non-hydrogen) atoms. The summed E-state index contributed by atoms with van der Waals surface area (Å²) in [6, 6.07) is 11.6. The third-order valence-electron chi connectivity index (χ3n) is 2.56. The predicted molar refractivity (Wildman–Crippen MR) is 75.1 cm³/mol. The van der Waals surface area contributed by atoms with Gasteiger partial charge in [-0.15, -0.1) is 0 Å². The van der Waals surface area contributed by atoms with E-state index in [-0.39, 0.29) is 10.5 Å². The van der Waals surface area contributed by atoms with Crippen molar-refractivity contribution in [3.8, 4) is 0 Å². The lowest BCUT2D eigenvalue weighted by Crippen LogP contribution is -2.12. The summed E-state index contributed by atoms with van der Waals surface area (Å²) in [6.07, 6.45) is 0. The van der Waals surface area contributed by atoms with Crippen LogP contribution in [0.2, 0.25) is 0 Å². The molecule has 0 aliphatic carbocycles. The molecule has 0 fully saturated rings. The summed E-state index contributed by atoms with van der Waals surface area (Å²) < 4.78 is 31.0. The molecular weight excluding hydrogens is 280 g/mol. The van der Waals surface area contributed by atoms with Gasteiger partial charge in [0, 0.05) is 16.9 Å². The third kappa shape index (κ3) is 3.34. The molecule has 0 unspecified atom stereocenters. The first-order chi connectivity index (χ1) is 9.36. The SMILES string of the molecule is Nc1ccc(NC(=O)c2cccc(S(=O)(=O)O)c2)cc1. The van der Waals surface area contributed by atoms with Crippen molar-refractivity contribution in [3.05, 3.63) is 54.1 Å². The minimum absolute atomic E-state index is 0.122. The Balaban J connectivity index is 2.23. The fourth-order valence-corrected chi connectivity index (χ4v) is 2.09. The highest BCUT2D eigenvalue weighted by molar-refractivity contribution is 7.85. The summed E-state index contributed by atoms with van der Waals surface area (Å²) in [6.45, 7) is 0. The van der Waals surface area contributed by atoms with Gasteiger partial charge < -0.3 is 11.1 Å². The van der Waals surface area contributed by atoms with Crippen LogP contribution in [0, 0.1) is 0 Å². The molecule has 0 atom stereocenters. The van der Waals surface area contributed by atoms with Gasteiger partial charge in [-0.2, -0.15) is 8.42 Å². The van der Waals surface area contributed by atoms with Gasteiger partial charge in [0.2, 0.25) is 0 Å². The second-order valence-corrected chi connectivity index (χ2v) is 5.50. The van der Waals surface area contributed by atoms with Gasteiger partial charge in [-0.25, -0.2) is 0 Å². The van der Waals surface area contributed by atoms with Gasteiger partial charge in [-0.3, -0.25) is 9.35 Å². The average molecular weight is 292 g/mol. The number of rotatable bonds is 3. The molecule has 2 aromatic rings. The molecular formula is C13H12N2O4S. The van der Waals surface area contributed by atoms with Gasteiger partial charge >= 0.3 is 0 Å². The number of nitrogen functional groups attached to an aromatic ring is 1. The maximum absolute atomic E-state index is 12.0. The number of anilines is 2. The molecule has 104 valence electrons.